The molecule has 0 aliphatic rings. The minimum atomic E-state index is -0.340. The molecule has 27 heavy (non-hydrogen) atoms. The average Bonchev–Trinajstić information content (AvgIpc) is 3.32. The first kappa shape index (κ1) is 16.8. The van der Waals surface area contributed by atoms with Crippen molar-refractivity contribution in [3.8, 4) is 11.3 Å². The lowest BCUT2D eigenvalue weighted by atomic mass is 10.1. The van der Waals surface area contributed by atoms with Gasteiger partial charge in [-0.15, -0.1) is 0 Å². The molecular weight excluding hydrogens is 349 g/mol. The minimum Gasteiger partial charge on any atom is -0.346 e. The number of benzene rings is 1. The highest BCUT2D eigenvalue weighted by Crippen LogP contribution is 2.19. The van der Waals surface area contributed by atoms with Crippen LogP contribution in [0.2, 0.25) is 0 Å². The second kappa shape index (κ2) is 6.94. The highest BCUT2D eigenvalue weighted by atomic mass is 19.1. The lowest BCUT2D eigenvalue weighted by Gasteiger charge is -2.15. The van der Waals surface area contributed by atoms with Gasteiger partial charge in [-0.25, -0.2) is 9.37 Å². The summed E-state index contributed by atoms with van der Waals surface area (Å²) >= 11 is 0. The molecule has 136 valence electrons. The zero-order chi connectivity index (χ0) is 18.8. The highest BCUT2D eigenvalue weighted by molar-refractivity contribution is 5.94. The van der Waals surface area contributed by atoms with E-state index >= 15 is 0 Å². The van der Waals surface area contributed by atoms with Gasteiger partial charge in [-0.1, -0.05) is 0 Å². The van der Waals surface area contributed by atoms with Gasteiger partial charge >= 0.3 is 0 Å². The van der Waals surface area contributed by atoms with Gasteiger partial charge in [0.15, 0.2) is 0 Å². The summed E-state index contributed by atoms with van der Waals surface area (Å²) in [5, 5.41) is 11.1. The third kappa shape index (κ3) is 3.52. The van der Waals surface area contributed by atoms with Gasteiger partial charge < -0.3 is 5.32 Å². The Morgan fingerprint density at radius 3 is 2.81 bits per heavy atom. The van der Waals surface area contributed by atoms with Gasteiger partial charge in [0, 0.05) is 24.0 Å². The van der Waals surface area contributed by atoms with Gasteiger partial charge in [0.05, 0.1) is 12.2 Å². The molecule has 1 N–H and O–H groups in total. The smallest absolute Gasteiger partial charge is 0.270 e. The number of hydrogen-bond acceptors (Lipinski definition) is 5. The molecule has 4 aromatic rings. The van der Waals surface area contributed by atoms with Gasteiger partial charge in [-0.3, -0.25) is 9.48 Å². The van der Waals surface area contributed by atoms with Crippen LogP contribution in [0.15, 0.2) is 55.1 Å². The van der Waals surface area contributed by atoms with Crippen LogP contribution in [0.5, 0.6) is 0 Å². The third-order valence-electron chi connectivity index (χ3n) is 4.02. The maximum atomic E-state index is 13.2. The van der Waals surface area contributed by atoms with Crippen molar-refractivity contribution >= 4 is 11.7 Å². The quantitative estimate of drug-likeness (QED) is 0.584. The van der Waals surface area contributed by atoms with Crippen molar-refractivity contribution in [2.75, 3.05) is 0 Å². The van der Waals surface area contributed by atoms with Crippen LogP contribution < -0.4 is 5.32 Å². The predicted molar refractivity (Wildman–Crippen MR) is 95.3 cm³/mol. The van der Waals surface area contributed by atoms with E-state index in [1.807, 2.05) is 19.2 Å². The fourth-order valence-electron chi connectivity index (χ4n) is 2.77. The van der Waals surface area contributed by atoms with Crippen LogP contribution in [0.3, 0.4) is 0 Å². The standard InChI is InChI=1S/C18H16FN7O/c1-12(10-25-8-2-7-21-25)23-17(27)16-9-15(13-3-5-14(19)6-4-13)24-18-20-11-22-26(16)18/h2-9,11-12H,10H2,1H3,(H,23,27). The summed E-state index contributed by atoms with van der Waals surface area (Å²) in [6.07, 6.45) is 4.85. The summed E-state index contributed by atoms with van der Waals surface area (Å²) in [6.45, 7) is 2.43. The summed E-state index contributed by atoms with van der Waals surface area (Å²) in [7, 11) is 0. The molecule has 0 saturated heterocycles. The SMILES string of the molecule is CC(Cn1cccn1)NC(=O)c1cc(-c2ccc(F)cc2)nc2ncnn12. The first-order valence-electron chi connectivity index (χ1n) is 8.35. The minimum absolute atomic E-state index is 0.154. The maximum absolute atomic E-state index is 13.2. The van der Waals surface area contributed by atoms with Crippen LogP contribution >= 0.6 is 0 Å². The molecule has 8 nitrogen and oxygen atoms in total. The van der Waals surface area contributed by atoms with E-state index in [9.17, 15) is 9.18 Å². The Balaban J connectivity index is 1.64. The molecule has 1 unspecified atom stereocenters. The van der Waals surface area contributed by atoms with E-state index in [0.717, 1.165) is 0 Å². The van der Waals surface area contributed by atoms with E-state index in [1.165, 1.54) is 23.0 Å². The molecule has 0 aliphatic heterocycles. The summed E-state index contributed by atoms with van der Waals surface area (Å²) < 4.78 is 16.3. The van der Waals surface area contributed by atoms with Gasteiger partial charge in [0.1, 0.15) is 17.8 Å². The van der Waals surface area contributed by atoms with Crippen LogP contribution in [0.4, 0.5) is 4.39 Å². The highest BCUT2D eigenvalue weighted by Gasteiger charge is 2.17. The number of halogens is 1. The summed E-state index contributed by atoms with van der Waals surface area (Å²) in [5.74, 6) is -0.356. The lowest BCUT2D eigenvalue weighted by molar-refractivity contribution is 0.0928. The third-order valence-corrected chi connectivity index (χ3v) is 4.02. The van der Waals surface area contributed by atoms with Gasteiger partial charge in [-0.2, -0.15) is 19.7 Å². The topological polar surface area (TPSA) is 90.0 Å². The molecule has 0 saturated carbocycles. The number of nitrogens with one attached hydrogen (secondary N) is 1. The second-order valence-electron chi connectivity index (χ2n) is 6.11. The molecule has 0 aliphatic carbocycles. The molecule has 3 heterocycles. The first-order valence-corrected chi connectivity index (χ1v) is 8.35. The van der Waals surface area contributed by atoms with Crippen LogP contribution in [0.25, 0.3) is 17.0 Å². The molecule has 1 aromatic carbocycles. The lowest BCUT2D eigenvalue weighted by Crippen LogP contribution is -2.36. The summed E-state index contributed by atoms with van der Waals surface area (Å²) in [5.41, 5.74) is 1.49. The van der Waals surface area contributed by atoms with Crippen molar-refractivity contribution in [3.63, 3.8) is 0 Å². The fraction of sp³-hybridized carbons (Fsp3) is 0.167. The normalized spacial score (nSPS) is 12.2. The van der Waals surface area contributed by atoms with E-state index in [1.54, 1.807) is 29.1 Å². The Kier molecular flexibility index (Phi) is 4.33. The van der Waals surface area contributed by atoms with E-state index < -0.39 is 0 Å². The monoisotopic (exact) mass is 365 g/mol. The Bertz CT molecular complexity index is 1070. The van der Waals surface area contributed by atoms with Crippen LogP contribution in [-0.4, -0.2) is 41.3 Å². The van der Waals surface area contributed by atoms with Crippen molar-refractivity contribution < 1.29 is 9.18 Å². The zero-order valence-corrected chi connectivity index (χ0v) is 14.5. The van der Waals surface area contributed by atoms with Crippen molar-refractivity contribution in [3.05, 3.63) is 66.6 Å². The Labute approximate surface area is 153 Å². The van der Waals surface area contributed by atoms with E-state index in [2.05, 4.69) is 25.5 Å². The number of fused-ring (bicyclic) bond motifs is 1. The number of rotatable bonds is 5. The number of hydrogen-bond donors (Lipinski definition) is 1. The van der Waals surface area contributed by atoms with Crippen molar-refractivity contribution in [2.45, 2.75) is 19.5 Å². The zero-order valence-electron chi connectivity index (χ0n) is 14.5. The molecule has 4 rings (SSSR count). The first-order chi connectivity index (χ1) is 13.1. The Morgan fingerprint density at radius 1 is 1.26 bits per heavy atom. The molecule has 0 fully saturated rings. The largest absolute Gasteiger partial charge is 0.346 e. The number of carbonyl (C=O) groups is 1. The van der Waals surface area contributed by atoms with E-state index in [4.69, 9.17) is 0 Å². The molecule has 0 radical (unpaired) electrons. The average molecular weight is 365 g/mol. The summed E-state index contributed by atoms with van der Waals surface area (Å²) in [6, 6.07) is 9.18. The molecule has 1 atom stereocenters. The molecule has 0 spiro atoms. The van der Waals surface area contributed by atoms with Gasteiger partial charge in [0.2, 0.25) is 0 Å². The Morgan fingerprint density at radius 2 is 2.07 bits per heavy atom. The van der Waals surface area contributed by atoms with Gasteiger partial charge in [-0.05, 0) is 43.3 Å². The molecule has 3 aromatic heterocycles. The second-order valence-corrected chi connectivity index (χ2v) is 6.11. The van der Waals surface area contributed by atoms with Crippen LogP contribution in [-0.2, 0) is 6.54 Å². The Hall–Kier alpha value is -3.62. The van der Waals surface area contributed by atoms with Crippen molar-refractivity contribution in [1.29, 1.82) is 0 Å². The van der Waals surface area contributed by atoms with Crippen LogP contribution in [0, 0.1) is 5.82 Å². The van der Waals surface area contributed by atoms with E-state index in [-0.39, 0.29) is 17.8 Å². The predicted octanol–water partition coefficient (Wildman–Crippen LogP) is 1.95. The van der Waals surface area contributed by atoms with Gasteiger partial charge in [0.25, 0.3) is 11.7 Å². The molecule has 9 heteroatoms. The maximum Gasteiger partial charge on any atom is 0.270 e. The molecule has 1 amide bonds. The van der Waals surface area contributed by atoms with Crippen LogP contribution in [0.1, 0.15) is 17.4 Å². The van der Waals surface area contributed by atoms with Crippen molar-refractivity contribution in [2.24, 2.45) is 0 Å². The number of nitrogens with zero attached hydrogens (tertiary/aromatic N) is 6. The molecule has 0 bridgehead atoms. The summed E-state index contributed by atoms with van der Waals surface area (Å²) in [4.78, 5) is 21.3. The van der Waals surface area contributed by atoms with E-state index in [0.29, 0.717) is 29.3 Å². The molecular formula is C18H16FN7O. The number of carbonyl (C=O) groups excluding carboxylic acids is 1. The fourth-order valence-corrected chi connectivity index (χ4v) is 2.77. The number of amides is 1. The number of aromatic nitrogens is 6. The van der Waals surface area contributed by atoms with Crippen molar-refractivity contribution in [1.82, 2.24) is 34.7 Å².